The van der Waals surface area contributed by atoms with Crippen LogP contribution in [0.2, 0.25) is 0 Å². The van der Waals surface area contributed by atoms with Crippen LogP contribution in [-0.4, -0.2) is 0 Å². The van der Waals surface area contributed by atoms with Crippen LogP contribution in [0.15, 0.2) is 29.5 Å². The van der Waals surface area contributed by atoms with Crippen molar-refractivity contribution in [1.29, 1.82) is 0 Å². The van der Waals surface area contributed by atoms with Crippen LogP contribution in [0.1, 0.15) is 6.92 Å². The van der Waals surface area contributed by atoms with Gasteiger partial charge in [-0.1, -0.05) is 11.6 Å². The molecule has 0 unspecified atom stereocenters. The van der Waals surface area contributed by atoms with E-state index >= 15 is 0 Å². The molecule has 0 aliphatic heterocycles. The van der Waals surface area contributed by atoms with Crippen LogP contribution in [0, 0.1) is 6.42 Å². The van der Waals surface area contributed by atoms with Crippen LogP contribution < -0.4 is 12.4 Å². The van der Waals surface area contributed by atoms with E-state index < -0.39 is 0 Å². The fraction of sp³-hybridized carbons (Fsp3) is 0.143. The zero-order valence-corrected chi connectivity index (χ0v) is 7.00. The SMILES string of the molecule is CC1=CC=C=C[CH]1.[Cl-].[Mn]. The van der Waals surface area contributed by atoms with Crippen LogP contribution in [0.5, 0.6) is 0 Å². The summed E-state index contributed by atoms with van der Waals surface area (Å²) in [5, 5.41) is 0. The van der Waals surface area contributed by atoms with Gasteiger partial charge in [-0.25, -0.2) is 0 Å². The predicted molar refractivity (Wildman–Crippen MR) is 30.7 cm³/mol. The van der Waals surface area contributed by atoms with Gasteiger partial charge in [-0.2, -0.15) is 0 Å². The largest absolute Gasteiger partial charge is 1.00 e. The van der Waals surface area contributed by atoms with Gasteiger partial charge >= 0.3 is 0 Å². The van der Waals surface area contributed by atoms with Gasteiger partial charge in [0.05, 0.1) is 0 Å². The van der Waals surface area contributed by atoms with E-state index in [1.807, 2.05) is 24.6 Å². The van der Waals surface area contributed by atoms with E-state index in [0.29, 0.717) is 0 Å². The molecule has 0 saturated heterocycles. The normalized spacial score (nSPS) is 13.2. The topological polar surface area (TPSA) is 0 Å². The maximum Gasteiger partial charge on any atom is 0.0160 e. The van der Waals surface area contributed by atoms with Crippen molar-refractivity contribution in [3.63, 3.8) is 0 Å². The Labute approximate surface area is 72.6 Å². The Kier molecular flexibility index (Phi) is 8.13. The first-order valence-electron chi connectivity index (χ1n) is 2.32. The third-order valence-electron chi connectivity index (χ3n) is 0.885. The minimum absolute atomic E-state index is 0. The maximum absolute atomic E-state index is 2.93. The Hall–Kier alpha value is 0.0695. The molecule has 0 bridgehead atoms. The van der Waals surface area contributed by atoms with Gasteiger partial charge < -0.3 is 12.4 Å². The molecule has 0 heterocycles. The Morgan fingerprint density at radius 3 is 2.22 bits per heavy atom. The molecule has 2 heteroatoms. The van der Waals surface area contributed by atoms with Crippen LogP contribution >= 0.6 is 0 Å². The molecule has 0 saturated carbocycles. The molecule has 1 aliphatic rings. The molecule has 50 valence electrons. The molecule has 1 rings (SSSR count). The first kappa shape index (κ1) is 11.8. The second kappa shape index (κ2) is 6.19. The van der Waals surface area contributed by atoms with Gasteiger partial charge in [0, 0.05) is 23.5 Å². The molecule has 0 nitrogen and oxygen atoms in total. The van der Waals surface area contributed by atoms with Crippen molar-refractivity contribution >= 4 is 0 Å². The Bertz CT molecular complexity index is 152. The first-order chi connectivity index (χ1) is 3.39. The van der Waals surface area contributed by atoms with E-state index in [1.54, 1.807) is 0 Å². The van der Waals surface area contributed by atoms with Gasteiger partial charge in [-0.15, -0.1) is 5.73 Å². The summed E-state index contributed by atoms with van der Waals surface area (Å²) >= 11 is 0. The molecule has 0 aromatic carbocycles. The minimum atomic E-state index is 0. The van der Waals surface area contributed by atoms with Gasteiger partial charge in [0.25, 0.3) is 0 Å². The van der Waals surface area contributed by atoms with Crippen LogP contribution in [0.25, 0.3) is 0 Å². The van der Waals surface area contributed by atoms with Gasteiger partial charge in [-0.05, 0) is 19.1 Å². The zero-order chi connectivity index (χ0) is 5.11. The van der Waals surface area contributed by atoms with Crippen molar-refractivity contribution in [2.45, 2.75) is 6.92 Å². The van der Waals surface area contributed by atoms with Gasteiger partial charge in [0.15, 0.2) is 0 Å². The summed E-state index contributed by atoms with van der Waals surface area (Å²) in [6.45, 7) is 2.06. The second-order valence-corrected chi connectivity index (χ2v) is 1.58. The molecular formula is C7H7ClMn-. The molecular weight excluding hydrogens is 174 g/mol. The van der Waals surface area contributed by atoms with E-state index in [4.69, 9.17) is 0 Å². The quantitative estimate of drug-likeness (QED) is 0.328. The van der Waals surface area contributed by atoms with Crippen molar-refractivity contribution in [1.82, 2.24) is 0 Å². The monoisotopic (exact) mass is 181 g/mol. The van der Waals surface area contributed by atoms with Gasteiger partial charge in [-0.3, -0.25) is 0 Å². The Balaban J connectivity index is 0. The number of rotatable bonds is 0. The van der Waals surface area contributed by atoms with Crippen molar-refractivity contribution in [2.24, 2.45) is 0 Å². The summed E-state index contributed by atoms with van der Waals surface area (Å²) in [6, 6.07) is 0. The summed E-state index contributed by atoms with van der Waals surface area (Å²) in [7, 11) is 0. The van der Waals surface area contributed by atoms with E-state index in [2.05, 4.69) is 12.7 Å². The summed E-state index contributed by atoms with van der Waals surface area (Å²) in [4.78, 5) is 0. The fourth-order valence-corrected chi connectivity index (χ4v) is 0.470. The molecule has 0 fully saturated rings. The summed E-state index contributed by atoms with van der Waals surface area (Å²) in [6.07, 6.45) is 7.88. The first-order valence-corrected chi connectivity index (χ1v) is 2.32. The van der Waals surface area contributed by atoms with Crippen LogP contribution in [-0.2, 0) is 17.1 Å². The van der Waals surface area contributed by atoms with E-state index in [1.165, 1.54) is 5.57 Å². The van der Waals surface area contributed by atoms with Crippen molar-refractivity contribution in [2.75, 3.05) is 0 Å². The Morgan fingerprint density at radius 1 is 1.33 bits per heavy atom. The molecule has 0 atom stereocenters. The fourth-order valence-electron chi connectivity index (χ4n) is 0.470. The molecule has 0 spiro atoms. The summed E-state index contributed by atoms with van der Waals surface area (Å²) in [5.74, 6) is 0. The van der Waals surface area contributed by atoms with Gasteiger partial charge in [0.1, 0.15) is 0 Å². The molecule has 1 aliphatic carbocycles. The number of hydrogen-bond acceptors (Lipinski definition) is 0. The van der Waals surface area contributed by atoms with E-state index in [-0.39, 0.29) is 29.5 Å². The molecule has 2 radical (unpaired) electrons. The zero-order valence-electron chi connectivity index (χ0n) is 5.07. The molecule has 0 amide bonds. The summed E-state index contributed by atoms with van der Waals surface area (Å²) in [5.41, 5.74) is 4.22. The third-order valence-corrected chi connectivity index (χ3v) is 0.885. The van der Waals surface area contributed by atoms with Crippen molar-refractivity contribution < 1.29 is 29.5 Å². The number of halogens is 1. The smallest absolute Gasteiger partial charge is 0.0160 e. The average Bonchev–Trinajstić information content (AvgIpc) is 1.69. The predicted octanol–water partition coefficient (Wildman–Crippen LogP) is -1.14. The van der Waals surface area contributed by atoms with Gasteiger partial charge in [0.2, 0.25) is 0 Å². The van der Waals surface area contributed by atoms with Crippen molar-refractivity contribution in [3.8, 4) is 0 Å². The molecule has 0 aromatic rings. The Morgan fingerprint density at radius 2 is 2.00 bits per heavy atom. The molecule has 9 heavy (non-hydrogen) atoms. The minimum Gasteiger partial charge on any atom is -1.00 e. The average molecular weight is 182 g/mol. The van der Waals surface area contributed by atoms with Crippen LogP contribution in [0.3, 0.4) is 0 Å². The standard InChI is InChI=1S/C7H7.ClH.Mn/c1-7-5-3-2-4-6-7;;/h3-6H,1H3;1H;/p-1. The number of allylic oxidation sites excluding steroid dienone is 3. The number of hydrogen-bond donors (Lipinski definition) is 0. The second-order valence-electron chi connectivity index (χ2n) is 1.58. The van der Waals surface area contributed by atoms with Crippen molar-refractivity contribution in [3.05, 3.63) is 36.0 Å². The van der Waals surface area contributed by atoms with E-state index in [0.717, 1.165) is 0 Å². The maximum atomic E-state index is 2.93. The molecule has 0 N–H and O–H groups in total. The molecule has 0 aromatic heterocycles. The van der Waals surface area contributed by atoms with Crippen LogP contribution in [0.4, 0.5) is 0 Å². The third kappa shape index (κ3) is 4.57. The van der Waals surface area contributed by atoms with E-state index in [9.17, 15) is 0 Å². The summed E-state index contributed by atoms with van der Waals surface area (Å²) < 4.78 is 0.